The Morgan fingerprint density at radius 1 is 1.36 bits per heavy atom. The normalized spacial score (nSPS) is 21.0. The number of alkyl halides is 4. The van der Waals surface area contributed by atoms with Crippen molar-refractivity contribution in [3.05, 3.63) is 53.6 Å². The zero-order valence-corrected chi connectivity index (χ0v) is 12.6. The van der Waals surface area contributed by atoms with E-state index in [1.807, 2.05) is 0 Å². The van der Waals surface area contributed by atoms with Crippen LogP contribution in [0.25, 0.3) is 5.52 Å². The van der Waals surface area contributed by atoms with E-state index in [1.54, 1.807) is 24.4 Å². The number of primary amides is 1. The van der Waals surface area contributed by atoms with E-state index in [0.29, 0.717) is 5.52 Å². The summed E-state index contributed by atoms with van der Waals surface area (Å²) in [4.78, 5) is 11.3. The van der Waals surface area contributed by atoms with Gasteiger partial charge in [0.25, 0.3) is 0 Å². The van der Waals surface area contributed by atoms with E-state index in [-0.39, 0.29) is 11.3 Å². The Morgan fingerprint density at radius 2 is 2.12 bits per heavy atom. The van der Waals surface area contributed by atoms with Gasteiger partial charge in [-0.25, -0.2) is 8.91 Å². The molecule has 1 aliphatic rings. The molecule has 0 spiro atoms. The topological polar surface area (TPSA) is 82.5 Å². The second kappa shape index (κ2) is 5.87. The molecule has 2 heterocycles. The van der Waals surface area contributed by atoms with Crippen molar-refractivity contribution in [1.82, 2.24) is 14.8 Å². The Balaban J connectivity index is 1.99. The van der Waals surface area contributed by atoms with Crippen molar-refractivity contribution in [2.45, 2.75) is 24.9 Å². The van der Waals surface area contributed by atoms with Crippen LogP contribution in [0.3, 0.4) is 0 Å². The highest BCUT2D eigenvalue weighted by atomic mass is 19.4. The van der Waals surface area contributed by atoms with E-state index >= 15 is 4.39 Å². The molecule has 1 aliphatic carbocycles. The fraction of sp³-hybridized carbons (Fsp3) is 0.267. The minimum absolute atomic E-state index is 0.130. The highest BCUT2D eigenvalue weighted by molar-refractivity contribution is 5.92. The van der Waals surface area contributed by atoms with Gasteiger partial charge in [0.15, 0.2) is 5.67 Å². The molecular formula is C15H12F4N4O2. The molecule has 6 nitrogen and oxygen atoms in total. The predicted molar refractivity (Wildman–Crippen MR) is 77.6 cm³/mol. The minimum atomic E-state index is -5.07. The number of allylic oxidation sites excluding steroid dienone is 3. The maximum Gasteiger partial charge on any atom is 0.572 e. The van der Waals surface area contributed by atoms with Crippen molar-refractivity contribution in [2.24, 2.45) is 5.73 Å². The van der Waals surface area contributed by atoms with Crippen molar-refractivity contribution < 1.29 is 27.1 Å². The van der Waals surface area contributed by atoms with Gasteiger partial charge in [0.1, 0.15) is 5.76 Å². The number of pyridine rings is 1. The van der Waals surface area contributed by atoms with Gasteiger partial charge in [0, 0.05) is 24.6 Å². The molecule has 0 fully saturated rings. The van der Waals surface area contributed by atoms with Gasteiger partial charge in [0.05, 0.1) is 11.2 Å². The minimum Gasteiger partial charge on any atom is -0.407 e. The third-order valence-electron chi connectivity index (χ3n) is 3.73. The summed E-state index contributed by atoms with van der Waals surface area (Å²) in [7, 11) is 0. The van der Waals surface area contributed by atoms with Crippen LogP contribution in [0.5, 0.6) is 0 Å². The lowest BCUT2D eigenvalue weighted by molar-refractivity contribution is -0.312. The Bertz CT molecular complexity index is 887. The number of ether oxygens (including phenoxy) is 1. The molecule has 1 unspecified atom stereocenters. The van der Waals surface area contributed by atoms with Gasteiger partial charge in [-0.1, -0.05) is 11.3 Å². The number of fused-ring (bicyclic) bond motifs is 1. The van der Waals surface area contributed by atoms with Crippen molar-refractivity contribution in [3.8, 4) is 0 Å². The number of nitrogens with two attached hydrogens (primary N) is 1. The molecule has 0 saturated heterocycles. The first-order valence-electron chi connectivity index (χ1n) is 7.13. The molecule has 25 heavy (non-hydrogen) atoms. The third kappa shape index (κ3) is 3.47. The molecule has 0 aromatic carbocycles. The van der Waals surface area contributed by atoms with Crippen molar-refractivity contribution >= 4 is 11.4 Å². The van der Waals surface area contributed by atoms with Gasteiger partial charge < -0.3 is 10.5 Å². The highest BCUT2D eigenvalue weighted by Crippen LogP contribution is 2.40. The molecule has 0 aliphatic heterocycles. The van der Waals surface area contributed by atoms with E-state index in [0.717, 1.165) is 12.2 Å². The Morgan fingerprint density at radius 3 is 2.80 bits per heavy atom. The van der Waals surface area contributed by atoms with Crippen LogP contribution in [0.4, 0.5) is 17.6 Å². The standard InChI is InChI=1S/C15H12F4N4O2/c16-14(8-10-11-3-1-2-6-23(11)22-21-10)7-9(13(20)24)4-5-12(14)25-15(17,18)19/h1-6H,7-8H2,(H2,20,24). The number of nitrogens with zero attached hydrogens (tertiary/aromatic N) is 3. The maximum atomic E-state index is 15.4. The first kappa shape index (κ1) is 16.9. The average molecular weight is 356 g/mol. The molecule has 132 valence electrons. The Labute approximate surface area is 138 Å². The molecule has 10 heteroatoms. The monoisotopic (exact) mass is 356 g/mol. The molecule has 1 atom stereocenters. The lowest BCUT2D eigenvalue weighted by Gasteiger charge is -2.30. The van der Waals surface area contributed by atoms with Crippen molar-refractivity contribution in [1.29, 1.82) is 0 Å². The predicted octanol–water partition coefficient (Wildman–Crippen LogP) is 2.22. The molecule has 2 N–H and O–H groups in total. The van der Waals surface area contributed by atoms with Crippen molar-refractivity contribution in [2.75, 3.05) is 0 Å². The van der Waals surface area contributed by atoms with Crippen LogP contribution in [0.15, 0.2) is 47.9 Å². The van der Waals surface area contributed by atoms with Crippen LogP contribution in [0.1, 0.15) is 12.1 Å². The SMILES string of the molecule is NC(=O)C1=CC=C(OC(F)(F)F)C(F)(Cc2nnn3ccccc23)C1. The number of amides is 1. The molecule has 0 radical (unpaired) electrons. The quantitative estimate of drug-likeness (QED) is 0.852. The Hall–Kier alpha value is -2.91. The van der Waals surface area contributed by atoms with E-state index in [9.17, 15) is 18.0 Å². The molecule has 0 saturated carbocycles. The third-order valence-corrected chi connectivity index (χ3v) is 3.73. The van der Waals surface area contributed by atoms with Gasteiger partial charge >= 0.3 is 6.36 Å². The van der Waals surface area contributed by atoms with Crippen LogP contribution >= 0.6 is 0 Å². The van der Waals surface area contributed by atoms with E-state index < -0.39 is 36.5 Å². The first-order chi connectivity index (χ1) is 11.7. The van der Waals surface area contributed by atoms with E-state index in [2.05, 4.69) is 15.0 Å². The van der Waals surface area contributed by atoms with Gasteiger partial charge in [-0.3, -0.25) is 4.79 Å². The lowest BCUT2D eigenvalue weighted by Crippen LogP contribution is -2.37. The smallest absolute Gasteiger partial charge is 0.407 e. The molecule has 3 rings (SSSR count). The summed E-state index contributed by atoms with van der Waals surface area (Å²) in [5.41, 5.74) is 2.91. The van der Waals surface area contributed by atoms with E-state index in [1.165, 1.54) is 4.52 Å². The number of hydrogen-bond acceptors (Lipinski definition) is 4. The van der Waals surface area contributed by atoms with Gasteiger partial charge in [-0.15, -0.1) is 18.3 Å². The fourth-order valence-electron chi connectivity index (χ4n) is 2.63. The second-order valence-electron chi connectivity index (χ2n) is 5.52. The van der Waals surface area contributed by atoms with Crippen LogP contribution in [-0.4, -0.2) is 32.8 Å². The molecular weight excluding hydrogens is 344 g/mol. The maximum absolute atomic E-state index is 15.4. The summed E-state index contributed by atoms with van der Waals surface area (Å²) in [6.07, 6.45) is -2.94. The number of rotatable bonds is 4. The molecule has 1 amide bonds. The summed E-state index contributed by atoms with van der Waals surface area (Å²) < 4.78 is 58.4. The van der Waals surface area contributed by atoms with Crippen LogP contribution < -0.4 is 5.73 Å². The van der Waals surface area contributed by atoms with Crippen LogP contribution in [-0.2, 0) is 16.0 Å². The average Bonchev–Trinajstić information content (AvgIpc) is 2.91. The summed E-state index contributed by atoms with van der Waals surface area (Å²) in [5.74, 6) is -1.88. The zero-order chi connectivity index (χ0) is 18.2. The fourth-order valence-corrected chi connectivity index (χ4v) is 2.63. The lowest BCUT2D eigenvalue weighted by atomic mass is 9.85. The van der Waals surface area contributed by atoms with E-state index in [4.69, 9.17) is 5.73 Å². The van der Waals surface area contributed by atoms with Gasteiger partial charge in [-0.05, 0) is 24.3 Å². The molecule has 2 aromatic rings. The largest absolute Gasteiger partial charge is 0.572 e. The van der Waals surface area contributed by atoms with Gasteiger partial charge in [0.2, 0.25) is 5.91 Å². The summed E-state index contributed by atoms with van der Waals surface area (Å²) in [6.45, 7) is 0. The number of carbonyl (C=O) groups excluding carboxylic acids is 1. The van der Waals surface area contributed by atoms with Crippen LogP contribution in [0.2, 0.25) is 0 Å². The number of carbonyl (C=O) groups is 1. The molecule has 2 aromatic heterocycles. The summed E-state index contributed by atoms with van der Waals surface area (Å²) >= 11 is 0. The number of hydrogen-bond donors (Lipinski definition) is 1. The first-order valence-corrected chi connectivity index (χ1v) is 7.13. The highest BCUT2D eigenvalue weighted by Gasteiger charge is 2.46. The van der Waals surface area contributed by atoms with Crippen LogP contribution in [0, 0.1) is 0 Å². The zero-order valence-electron chi connectivity index (χ0n) is 12.6. The summed E-state index contributed by atoms with van der Waals surface area (Å²) in [5, 5.41) is 7.59. The number of halogens is 4. The summed E-state index contributed by atoms with van der Waals surface area (Å²) in [6, 6.07) is 4.93. The second-order valence-corrected chi connectivity index (χ2v) is 5.52. The Kier molecular flexibility index (Phi) is 3.97. The van der Waals surface area contributed by atoms with Crippen molar-refractivity contribution in [3.63, 3.8) is 0 Å². The molecule has 0 bridgehead atoms. The van der Waals surface area contributed by atoms with Gasteiger partial charge in [-0.2, -0.15) is 0 Å². The number of aromatic nitrogens is 3.